The molecular weight excluding hydrogens is 342 g/mol. The van der Waals surface area contributed by atoms with Gasteiger partial charge in [-0.3, -0.25) is 4.90 Å². The number of aliphatic hydroxyl groups excluding tert-OH is 1. The highest BCUT2D eigenvalue weighted by atomic mass is 16.3. The molecule has 2 rings (SSSR count). The number of nitrogens with zero attached hydrogens (tertiary/aromatic N) is 1. The molecule has 0 amide bonds. The van der Waals surface area contributed by atoms with Crippen LogP contribution in [0.4, 0.5) is 0 Å². The molecule has 0 heterocycles. The molecule has 2 nitrogen and oxygen atoms in total. The van der Waals surface area contributed by atoms with E-state index in [0.29, 0.717) is 0 Å². The summed E-state index contributed by atoms with van der Waals surface area (Å²) in [6, 6.07) is 21.3. The first-order chi connectivity index (χ1) is 13.7. The molecule has 0 aromatic heterocycles. The van der Waals surface area contributed by atoms with Crippen LogP contribution in [0.25, 0.3) is 0 Å². The minimum Gasteiger partial charge on any atom is -0.392 e. The van der Waals surface area contributed by atoms with Crippen molar-refractivity contribution in [3.05, 3.63) is 71.8 Å². The van der Waals surface area contributed by atoms with Crippen molar-refractivity contribution in [3.63, 3.8) is 0 Å². The van der Waals surface area contributed by atoms with E-state index in [9.17, 15) is 5.11 Å². The molecule has 2 heteroatoms. The van der Waals surface area contributed by atoms with Crippen molar-refractivity contribution in [2.75, 3.05) is 0 Å². The van der Waals surface area contributed by atoms with E-state index in [0.717, 1.165) is 25.9 Å². The van der Waals surface area contributed by atoms with Gasteiger partial charge in [0.15, 0.2) is 0 Å². The second kappa shape index (κ2) is 13.5. The van der Waals surface area contributed by atoms with Gasteiger partial charge in [-0.2, -0.15) is 0 Å². The van der Waals surface area contributed by atoms with Gasteiger partial charge in [0, 0.05) is 19.1 Å². The van der Waals surface area contributed by atoms with Gasteiger partial charge in [-0.15, -0.1) is 0 Å². The summed E-state index contributed by atoms with van der Waals surface area (Å²) in [7, 11) is 0. The van der Waals surface area contributed by atoms with Crippen LogP contribution in [-0.2, 0) is 13.1 Å². The van der Waals surface area contributed by atoms with Crippen molar-refractivity contribution < 1.29 is 5.11 Å². The first-order valence-electron chi connectivity index (χ1n) is 11.2. The standard InChI is InChI=1S/C26H39NO/c1-3-4-5-6-7-8-15-20-26(28)23(2)27(21-24-16-11-9-12-17-24)22-25-18-13-10-14-19-25/h9-14,16-19,23,26,28H,3-8,15,20-22H2,1-2H3/t23-,26+/m1/s1. The van der Waals surface area contributed by atoms with E-state index < -0.39 is 0 Å². The molecule has 0 aliphatic heterocycles. The van der Waals surface area contributed by atoms with Gasteiger partial charge in [0.05, 0.1) is 6.10 Å². The highest BCUT2D eigenvalue weighted by Gasteiger charge is 2.22. The number of rotatable bonds is 14. The van der Waals surface area contributed by atoms with Crippen molar-refractivity contribution >= 4 is 0 Å². The van der Waals surface area contributed by atoms with Crippen LogP contribution >= 0.6 is 0 Å². The largest absolute Gasteiger partial charge is 0.392 e. The van der Waals surface area contributed by atoms with Crippen molar-refractivity contribution in [2.24, 2.45) is 0 Å². The molecule has 0 radical (unpaired) electrons. The normalized spacial score (nSPS) is 13.6. The molecule has 0 aliphatic carbocycles. The topological polar surface area (TPSA) is 23.5 Å². The number of benzene rings is 2. The Labute approximate surface area is 172 Å². The third kappa shape index (κ3) is 8.58. The highest BCUT2D eigenvalue weighted by molar-refractivity contribution is 5.17. The highest BCUT2D eigenvalue weighted by Crippen LogP contribution is 2.19. The summed E-state index contributed by atoms with van der Waals surface area (Å²) < 4.78 is 0. The number of hydrogen-bond donors (Lipinski definition) is 1. The Bertz CT molecular complexity index is 571. The minimum absolute atomic E-state index is 0.139. The van der Waals surface area contributed by atoms with Crippen LogP contribution in [0, 0.1) is 0 Å². The van der Waals surface area contributed by atoms with E-state index in [2.05, 4.69) is 79.4 Å². The summed E-state index contributed by atoms with van der Waals surface area (Å²) in [6.45, 7) is 6.17. The Kier molecular flexibility index (Phi) is 10.9. The second-order valence-corrected chi connectivity index (χ2v) is 8.09. The first-order valence-corrected chi connectivity index (χ1v) is 11.2. The Hall–Kier alpha value is -1.64. The summed E-state index contributed by atoms with van der Waals surface area (Å²) in [6.07, 6.45) is 9.65. The lowest BCUT2D eigenvalue weighted by atomic mass is 10.0. The van der Waals surface area contributed by atoms with Crippen molar-refractivity contribution in [2.45, 2.75) is 90.4 Å². The van der Waals surface area contributed by atoms with E-state index >= 15 is 0 Å². The van der Waals surface area contributed by atoms with Crippen LogP contribution in [0.1, 0.15) is 76.3 Å². The molecule has 154 valence electrons. The summed E-state index contributed by atoms with van der Waals surface area (Å²) >= 11 is 0. The van der Waals surface area contributed by atoms with Crippen molar-refractivity contribution in [1.82, 2.24) is 4.90 Å². The van der Waals surface area contributed by atoms with Crippen LogP contribution in [0.2, 0.25) is 0 Å². The number of hydrogen-bond acceptors (Lipinski definition) is 2. The lowest BCUT2D eigenvalue weighted by molar-refractivity contribution is 0.0421. The molecule has 0 aliphatic rings. The van der Waals surface area contributed by atoms with Gasteiger partial charge in [-0.05, 0) is 24.5 Å². The fourth-order valence-electron chi connectivity index (χ4n) is 3.77. The maximum Gasteiger partial charge on any atom is 0.0693 e. The number of unbranched alkanes of at least 4 members (excludes halogenated alkanes) is 6. The smallest absolute Gasteiger partial charge is 0.0693 e. The van der Waals surface area contributed by atoms with Gasteiger partial charge < -0.3 is 5.11 Å². The van der Waals surface area contributed by atoms with Gasteiger partial charge >= 0.3 is 0 Å². The van der Waals surface area contributed by atoms with Crippen molar-refractivity contribution in [3.8, 4) is 0 Å². The molecule has 0 saturated heterocycles. The summed E-state index contributed by atoms with van der Waals surface area (Å²) in [5.41, 5.74) is 2.60. The summed E-state index contributed by atoms with van der Waals surface area (Å²) in [5.74, 6) is 0. The van der Waals surface area contributed by atoms with Gasteiger partial charge in [0.25, 0.3) is 0 Å². The predicted molar refractivity (Wildman–Crippen MR) is 120 cm³/mol. The zero-order valence-corrected chi connectivity index (χ0v) is 17.9. The van der Waals surface area contributed by atoms with Gasteiger partial charge in [-0.25, -0.2) is 0 Å². The molecule has 2 aromatic rings. The minimum atomic E-state index is -0.275. The van der Waals surface area contributed by atoms with E-state index in [1.165, 1.54) is 49.7 Å². The molecule has 2 atom stereocenters. The molecule has 2 aromatic carbocycles. The van der Waals surface area contributed by atoms with E-state index in [4.69, 9.17) is 0 Å². The molecule has 28 heavy (non-hydrogen) atoms. The molecule has 0 unspecified atom stereocenters. The molecule has 0 spiro atoms. The Morgan fingerprint density at radius 2 is 1.18 bits per heavy atom. The first kappa shape index (κ1) is 22.6. The van der Waals surface area contributed by atoms with E-state index in [-0.39, 0.29) is 12.1 Å². The third-order valence-electron chi connectivity index (χ3n) is 5.69. The number of aliphatic hydroxyl groups is 1. The quantitative estimate of drug-likeness (QED) is 0.374. The molecule has 1 N–H and O–H groups in total. The van der Waals surface area contributed by atoms with Gasteiger partial charge in [0.1, 0.15) is 0 Å². The molecule has 0 fully saturated rings. The maximum atomic E-state index is 10.8. The van der Waals surface area contributed by atoms with Crippen LogP contribution < -0.4 is 0 Å². The fraction of sp³-hybridized carbons (Fsp3) is 0.538. The Morgan fingerprint density at radius 1 is 0.714 bits per heavy atom. The Balaban J connectivity index is 1.87. The zero-order chi connectivity index (χ0) is 20.0. The molecular formula is C26H39NO. The SMILES string of the molecule is CCCCCCCCC[C@H](O)[C@@H](C)N(Cc1ccccc1)Cc1ccccc1. The average molecular weight is 382 g/mol. The molecule has 0 saturated carbocycles. The van der Waals surface area contributed by atoms with E-state index in [1.54, 1.807) is 0 Å². The van der Waals surface area contributed by atoms with Gasteiger partial charge in [0.2, 0.25) is 0 Å². The van der Waals surface area contributed by atoms with Crippen molar-refractivity contribution in [1.29, 1.82) is 0 Å². The zero-order valence-electron chi connectivity index (χ0n) is 17.9. The maximum absolute atomic E-state index is 10.8. The Morgan fingerprint density at radius 3 is 1.68 bits per heavy atom. The average Bonchev–Trinajstić information content (AvgIpc) is 2.73. The second-order valence-electron chi connectivity index (χ2n) is 8.09. The molecule has 0 bridgehead atoms. The van der Waals surface area contributed by atoms with Crippen LogP contribution in [0.5, 0.6) is 0 Å². The van der Waals surface area contributed by atoms with Gasteiger partial charge in [-0.1, -0.05) is 113 Å². The van der Waals surface area contributed by atoms with Crippen LogP contribution in [-0.4, -0.2) is 22.2 Å². The van der Waals surface area contributed by atoms with E-state index in [1.807, 2.05) is 0 Å². The van der Waals surface area contributed by atoms with Crippen LogP contribution in [0.15, 0.2) is 60.7 Å². The summed E-state index contributed by atoms with van der Waals surface area (Å²) in [5, 5.41) is 10.8. The summed E-state index contributed by atoms with van der Waals surface area (Å²) in [4.78, 5) is 2.41. The predicted octanol–water partition coefficient (Wildman–Crippen LogP) is 6.58. The fourth-order valence-corrected chi connectivity index (χ4v) is 3.77. The third-order valence-corrected chi connectivity index (χ3v) is 5.69. The lowest BCUT2D eigenvalue weighted by Crippen LogP contribution is -2.40. The lowest BCUT2D eigenvalue weighted by Gasteiger charge is -2.32. The van der Waals surface area contributed by atoms with Crippen LogP contribution in [0.3, 0.4) is 0 Å². The monoisotopic (exact) mass is 381 g/mol.